The van der Waals surface area contributed by atoms with Gasteiger partial charge in [0.05, 0.1) is 13.2 Å². The summed E-state index contributed by atoms with van der Waals surface area (Å²) in [4.78, 5) is 11.7. The molecule has 2 amide bonds. The lowest BCUT2D eigenvalue weighted by Gasteiger charge is -2.12. The molecule has 0 aromatic heterocycles. The molecule has 19 heavy (non-hydrogen) atoms. The van der Waals surface area contributed by atoms with Gasteiger partial charge in [0.25, 0.3) is 0 Å². The van der Waals surface area contributed by atoms with Crippen LogP contribution in [0.3, 0.4) is 0 Å². The molecule has 1 aromatic carbocycles. The summed E-state index contributed by atoms with van der Waals surface area (Å²) in [6.07, 6.45) is 0.691. The molecule has 0 saturated heterocycles. The summed E-state index contributed by atoms with van der Waals surface area (Å²) >= 11 is 0. The number of aliphatic hydroxyl groups is 1. The van der Waals surface area contributed by atoms with Crippen molar-refractivity contribution in [1.82, 2.24) is 5.32 Å². The molecule has 1 aliphatic heterocycles. The first-order chi connectivity index (χ1) is 9.19. The number of anilines is 1. The van der Waals surface area contributed by atoms with Crippen LogP contribution in [0.5, 0.6) is 0 Å². The number of amides is 2. The van der Waals surface area contributed by atoms with Crippen molar-refractivity contribution in [2.45, 2.75) is 26.6 Å². The topological polar surface area (TPSA) is 70.6 Å². The van der Waals surface area contributed by atoms with Gasteiger partial charge < -0.3 is 20.5 Å². The molecule has 0 spiro atoms. The SMILES string of the molecule is CC(CCO)CNC(=O)Nc1ccc2c(c1)COC2. The zero-order valence-corrected chi connectivity index (χ0v) is 11.1. The van der Waals surface area contributed by atoms with E-state index in [1.54, 1.807) is 0 Å². The van der Waals surface area contributed by atoms with Crippen molar-refractivity contribution in [3.05, 3.63) is 29.3 Å². The van der Waals surface area contributed by atoms with E-state index >= 15 is 0 Å². The van der Waals surface area contributed by atoms with Crippen LogP contribution < -0.4 is 10.6 Å². The van der Waals surface area contributed by atoms with E-state index in [0.717, 1.165) is 11.3 Å². The lowest BCUT2D eigenvalue weighted by atomic mass is 10.1. The number of nitrogens with one attached hydrogen (secondary N) is 2. The number of rotatable bonds is 5. The van der Waals surface area contributed by atoms with Crippen molar-refractivity contribution < 1.29 is 14.6 Å². The quantitative estimate of drug-likeness (QED) is 0.760. The number of benzene rings is 1. The summed E-state index contributed by atoms with van der Waals surface area (Å²) in [5.74, 6) is 0.268. The van der Waals surface area contributed by atoms with Gasteiger partial charge >= 0.3 is 6.03 Å². The molecule has 0 radical (unpaired) electrons. The number of carbonyl (C=O) groups excluding carboxylic acids is 1. The number of aliphatic hydroxyl groups excluding tert-OH is 1. The molecule has 0 saturated carbocycles. The number of urea groups is 1. The van der Waals surface area contributed by atoms with E-state index in [-0.39, 0.29) is 18.6 Å². The van der Waals surface area contributed by atoms with Crippen molar-refractivity contribution in [1.29, 1.82) is 0 Å². The Hall–Kier alpha value is -1.59. The van der Waals surface area contributed by atoms with Gasteiger partial charge in [0.1, 0.15) is 0 Å². The Balaban J connectivity index is 1.82. The van der Waals surface area contributed by atoms with Crippen LogP contribution >= 0.6 is 0 Å². The van der Waals surface area contributed by atoms with Gasteiger partial charge in [0.15, 0.2) is 0 Å². The summed E-state index contributed by atoms with van der Waals surface area (Å²) in [5, 5.41) is 14.4. The van der Waals surface area contributed by atoms with Crippen molar-refractivity contribution in [2.24, 2.45) is 5.92 Å². The fraction of sp³-hybridized carbons (Fsp3) is 0.500. The maximum atomic E-state index is 11.7. The smallest absolute Gasteiger partial charge is 0.319 e. The molecule has 5 nitrogen and oxygen atoms in total. The summed E-state index contributed by atoms with van der Waals surface area (Å²) in [7, 11) is 0. The number of hydrogen-bond donors (Lipinski definition) is 3. The summed E-state index contributed by atoms with van der Waals surface area (Å²) < 4.78 is 5.33. The van der Waals surface area contributed by atoms with E-state index in [4.69, 9.17) is 9.84 Å². The molecule has 1 atom stereocenters. The number of fused-ring (bicyclic) bond motifs is 1. The van der Waals surface area contributed by atoms with E-state index < -0.39 is 0 Å². The molecule has 5 heteroatoms. The highest BCUT2D eigenvalue weighted by Gasteiger charge is 2.12. The highest BCUT2D eigenvalue weighted by atomic mass is 16.5. The molecule has 1 unspecified atom stereocenters. The summed E-state index contributed by atoms with van der Waals surface area (Å²) in [6, 6.07) is 5.58. The molecule has 0 aliphatic carbocycles. The summed E-state index contributed by atoms with van der Waals surface area (Å²) in [5.41, 5.74) is 3.09. The van der Waals surface area contributed by atoms with E-state index in [0.29, 0.717) is 26.2 Å². The van der Waals surface area contributed by atoms with Gasteiger partial charge in [-0.05, 0) is 35.6 Å². The molecule has 2 rings (SSSR count). The van der Waals surface area contributed by atoms with Gasteiger partial charge in [0.2, 0.25) is 0 Å². The van der Waals surface area contributed by atoms with Crippen LogP contribution in [0.1, 0.15) is 24.5 Å². The summed E-state index contributed by atoms with van der Waals surface area (Å²) in [6.45, 7) is 3.96. The minimum atomic E-state index is -0.219. The van der Waals surface area contributed by atoms with Gasteiger partial charge in [-0.1, -0.05) is 13.0 Å². The molecule has 3 N–H and O–H groups in total. The first kappa shape index (κ1) is 13.8. The van der Waals surface area contributed by atoms with Gasteiger partial charge in [-0.15, -0.1) is 0 Å². The number of hydrogen-bond acceptors (Lipinski definition) is 3. The molecule has 0 fully saturated rings. The van der Waals surface area contributed by atoms with Crippen LogP contribution in [-0.2, 0) is 18.0 Å². The Morgan fingerprint density at radius 1 is 1.42 bits per heavy atom. The number of carbonyl (C=O) groups is 1. The van der Waals surface area contributed by atoms with Crippen molar-refractivity contribution >= 4 is 11.7 Å². The highest BCUT2D eigenvalue weighted by molar-refractivity contribution is 5.89. The predicted octanol–water partition coefficient (Wildman–Crippen LogP) is 1.86. The Morgan fingerprint density at radius 3 is 3.00 bits per heavy atom. The highest BCUT2D eigenvalue weighted by Crippen LogP contribution is 2.23. The van der Waals surface area contributed by atoms with E-state index in [1.807, 2.05) is 25.1 Å². The van der Waals surface area contributed by atoms with E-state index in [9.17, 15) is 4.79 Å². The second-order valence-electron chi connectivity index (χ2n) is 4.93. The third kappa shape index (κ3) is 3.94. The lowest BCUT2D eigenvalue weighted by molar-refractivity contribution is 0.134. The Labute approximate surface area is 113 Å². The zero-order valence-electron chi connectivity index (χ0n) is 11.1. The monoisotopic (exact) mass is 264 g/mol. The number of ether oxygens (including phenoxy) is 1. The molecule has 0 bridgehead atoms. The first-order valence-electron chi connectivity index (χ1n) is 6.54. The first-order valence-corrected chi connectivity index (χ1v) is 6.54. The third-order valence-corrected chi connectivity index (χ3v) is 3.21. The Kier molecular flexibility index (Phi) is 4.76. The van der Waals surface area contributed by atoms with Crippen LogP contribution in [0, 0.1) is 5.92 Å². The minimum absolute atomic E-state index is 0.148. The van der Waals surface area contributed by atoms with Crippen LogP contribution in [0.4, 0.5) is 10.5 Å². The fourth-order valence-corrected chi connectivity index (χ4v) is 2.01. The Bertz CT molecular complexity index is 448. The molecule has 1 aromatic rings. The van der Waals surface area contributed by atoms with Crippen LogP contribution in [0.2, 0.25) is 0 Å². The lowest BCUT2D eigenvalue weighted by Crippen LogP contribution is -2.32. The van der Waals surface area contributed by atoms with Gasteiger partial charge in [0, 0.05) is 18.8 Å². The third-order valence-electron chi connectivity index (χ3n) is 3.21. The predicted molar refractivity (Wildman–Crippen MR) is 72.8 cm³/mol. The second-order valence-corrected chi connectivity index (χ2v) is 4.93. The largest absolute Gasteiger partial charge is 0.396 e. The molecule has 1 aliphatic rings. The molecule has 104 valence electrons. The molecular weight excluding hydrogens is 244 g/mol. The van der Waals surface area contributed by atoms with Crippen molar-refractivity contribution in [2.75, 3.05) is 18.5 Å². The van der Waals surface area contributed by atoms with E-state index in [1.165, 1.54) is 5.56 Å². The fourth-order valence-electron chi connectivity index (χ4n) is 2.01. The Morgan fingerprint density at radius 2 is 2.21 bits per heavy atom. The standard InChI is InChI=1S/C14H20N2O3/c1-10(4-5-17)7-15-14(18)16-13-3-2-11-8-19-9-12(11)6-13/h2-3,6,10,17H,4-5,7-9H2,1H3,(H2,15,16,18). The van der Waals surface area contributed by atoms with Crippen molar-refractivity contribution in [3.63, 3.8) is 0 Å². The average molecular weight is 264 g/mol. The van der Waals surface area contributed by atoms with Crippen molar-refractivity contribution in [3.8, 4) is 0 Å². The maximum Gasteiger partial charge on any atom is 0.319 e. The van der Waals surface area contributed by atoms with Crippen LogP contribution in [0.25, 0.3) is 0 Å². The van der Waals surface area contributed by atoms with E-state index in [2.05, 4.69) is 10.6 Å². The van der Waals surface area contributed by atoms with Crippen LogP contribution in [-0.4, -0.2) is 24.3 Å². The normalized spacial score (nSPS) is 14.8. The maximum absolute atomic E-state index is 11.7. The van der Waals surface area contributed by atoms with Gasteiger partial charge in [-0.2, -0.15) is 0 Å². The average Bonchev–Trinajstić information content (AvgIpc) is 2.84. The van der Waals surface area contributed by atoms with Gasteiger partial charge in [-0.3, -0.25) is 0 Å². The second kappa shape index (κ2) is 6.54. The molecule has 1 heterocycles. The molecular formula is C14H20N2O3. The van der Waals surface area contributed by atoms with Crippen LogP contribution in [0.15, 0.2) is 18.2 Å². The van der Waals surface area contributed by atoms with Gasteiger partial charge in [-0.25, -0.2) is 4.79 Å². The zero-order chi connectivity index (χ0) is 13.7. The minimum Gasteiger partial charge on any atom is -0.396 e.